The molecular formula is C28H24ClN5O. The van der Waals surface area contributed by atoms with Gasteiger partial charge in [0, 0.05) is 22.8 Å². The van der Waals surface area contributed by atoms with E-state index in [0.29, 0.717) is 27.7 Å². The normalized spacial score (nSPS) is 13.4. The summed E-state index contributed by atoms with van der Waals surface area (Å²) in [6.45, 7) is 1.90. The Balaban J connectivity index is 1.48. The number of nitrogens with zero attached hydrogens (tertiary/aromatic N) is 4. The number of hydrogen-bond donors (Lipinski definition) is 1. The first-order valence-electron chi connectivity index (χ1n) is 11.8. The summed E-state index contributed by atoms with van der Waals surface area (Å²) >= 11 is 6.12. The number of aromatic nitrogens is 4. The van der Waals surface area contributed by atoms with Gasteiger partial charge in [-0.05, 0) is 67.3 Å². The number of rotatable bonds is 7. The summed E-state index contributed by atoms with van der Waals surface area (Å²) in [5.41, 5.74) is 4.25. The van der Waals surface area contributed by atoms with Crippen LogP contribution in [0.5, 0.6) is 0 Å². The molecule has 0 bridgehead atoms. The van der Waals surface area contributed by atoms with E-state index >= 15 is 0 Å². The average molecular weight is 482 g/mol. The third kappa shape index (κ3) is 4.38. The summed E-state index contributed by atoms with van der Waals surface area (Å²) in [6, 6.07) is 25.2. The molecule has 2 aromatic heterocycles. The minimum Gasteiger partial charge on any atom is -0.312 e. The van der Waals surface area contributed by atoms with Crippen LogP contribution in [-0.2, 0) is 6.54 Å². The highest BCUT2D eigenvalue weighted by Crippen LogP contribution is 2.28. The molecule has 6 nitrogen and oxygen atoms in total. The SMILES string of the molecule is O=c1c2ncn(-c3ccccc3)c2nc(-c2ccc(CNCC3CC3)cc2)n1-c1ccc(Cl)cc1. The second-order valence-electron chi connectivity index (χ2n) is 8.95. The molecule has 1 aliphatic carbocycles. The van der Waals surface area contributed by atoms with Gasteiger partial charge >= 0.3 is 0 Å². The number of hydrogen-bond acceptors (Lipinski definition) is 4. The van der Waals surface area contributed by atoms with Gasteiger partial charge in [-0.3, -0.25) is 13.9 Å². The van der Waals surface area contributed by atoms with Crippen molar-refractivity contribution < 1.29 is 0 Å². The standard InChI is InChI=1S/C28H24ClN5O/c29-22-12-14-24(15-13-22)34-26(21-10-8-20(9-11-21)17-30-16-19-6-7-19)32-27-25(28(34)35)31-18-33(27)23-4-2-1-3-5-23/h1-5,8-15,18-19,30H,6-7,16-17H2. The van der Waals surface area contributed by atoms with Gasteiger partial charge in [0.2, 0.25) is 0 Å². The summed E-state index contributed by atoms with van der Waals surface area (Å²) in [5.74, 6) is 1.40. The number of imidazole rings is 1. The highest BCUT2D eigenvalue weighted by Gasteiger charge is 2.21. The summed E-state index contributed by atoms with van der Waals surface area (Å²) in [6.07, 6.45) is 4.32. The molecular weight excluding hydrogens is 458 g/mol. The summed E-state index contributed by atoms with van der Waals surface area (Å²) in [5, 5.41) is 4.13. The molecule has 35 heavy (non-hydrogen) atoms. The quantitative estimate of drug-likeness (QED) is 0.338. The minimum atomic E-state index is -0.225. The monoisotopic (exact) mass is 481 g/mol. The summed E-state index contributed by atoms with van der Waals surface area (Å²) < 4.78 is 3.46. The van der Waals surface area contributed by atoms with Crippen LogP contribution in [0, 0.1) is 5.92 Å². The zero-order chi connectivity index (χ0) is 23.8. The highest BCUT2D eigenvalue weighted by atomic mass is 35.5. The molecule has 1 fully saturated rings. The largest absolute Gasteiger partial charge is 0.312 e. The van der Waals surface area contributed by atoms with Crippen LogP contribution in [0.1, 0.15) is 18.4 Å². The maximum Gasteiger partial charge on any atom is 0.286 e. The summed E-state index contributed by atoms with van der Waals surface area (Å²) in [7, 11) is 0. The van der Waals surface area contributed by atoms with Gasteiger partial charge in [-0.1, -0.05) is 54.1 Å². The van der Waals surface area contributed by atoms with E-state index in [9.17, 15) is 4.79 Å². The van der Waals surface area contributed by atoms with Crippen LogP contribution in [0.4, 0.5) is 0 Å². The third-order valence-electron chi connectivity index (χ3n) is 6.36. The van der Waals surface area contributed by atoms with E-state index in [0.717, 1.165) is 30.3 Å². The van der Waals surface area contributed by atoms with Crippen molar-refractivity contribution in [2.75, 3.05) is 6.54 Å². The Morgan fingerprint density at radius 3 is 2.37 bits per heavy atom. The lowest BCUT2D eigenvalue weighted by Crippen LogP contribution is -2.22. The Labute approximate surface area is 207 Å². The predicted molar refractivity (Wildman–Crippen MR) is 139 cm³/mol. The molecule has 174 valence electrons. The second kappa shape index (κ2) is 9.13. The first-order valence-corrected chi connectivity index (χ1v) is 12.2. The van der Waals surface area contributed by atoms with E-state index in [2.05, 4.69) is 22.4 Å². The Bertz CT molecular complexity index is 1540. The van der Waals surface area contributed by atoms with Gasteiger partial charge in [-0.2, -0.15) is 0 Å². The lowest BCUT2D eigenvalue weighted by atomic mass is 10.1. The van der Waals surface area contributed by atoms with E-state index in [1.54, 1.807) is 23.0 Å². The third-order valence-corrected chi connectivity index (χ3v) is 6.61. The first-order chi connectivity index (χ1) is 17.2. The molecule has 1 saturated carbocycles. The Kier molecular flexibility index (Phi) is 5.68. The number of benzene rings is 3. The first kappa shape index (κ1) is 21.8. The molecule has 5 aromatic rings. The fraction of sp³-hybridized carbons (Fsp3) is 0.179. The van der Waals surface area contributed by atoms with Crippen LogP contribution < -0.4 is 10.9 Å². The molecule has 0 atom stereocenters. The minimum absolute atomic E-state index is 0.225. The van der Waals surface area contributed by atoms with Crippen LogP contribution in [0.2, 0.25) is 5.02 Å². The molecule has 0 spiro atoms. The molecule has 0 amide bonds. The van der Waals surface area contributed by atoms with Crippen LogP contribution in [0.25, 0.3) is 33.9 Å². The average Bonchev–Trinajstić information content (AvgIpc) is 3.62. The molecule has 1 aliphatic rings. The van der Waals surface area contributed by atoms with Crippen molar-refractivity contribution in [2.45, 2.75) is 19.4 Å². The lowest BCUT2D eigenvalue weighted by Gasteiger charge is -2.14. The summed E-state index contributed by atoms with van der Waals surface area (Å²) in [4.78, 5) is 23.1. The number of nitrogens with one attached hydrogen (secondary N) is 1. The van der Waals surface area contributed by atoms with E-state index in [1.807, 2.05) is 59.2 Å². The van der Waals surface area contributed by atoms with E-state index in [1.165, 1.54) is 18.4 Å². The fourth-order valence-corrected chi connectivity index (χ4v) is 4.39. The zero-order valence-corrected chi connectivity index (χ0v) is 19.8. The molecule has 0 aliphatic heterocycles. The topological polar surface area (TPSA) is 64.7 Å². The molecule has 6 rings (SSSR count). The maximum atomic E-state index is 13.7. The van der Waals surface area contributed by atoms with E-state index in [-0.39, 0.29) is 5.56 Å². The van der Waals surface area contributed by atoms with Crippen LogP contribution in [0.15, 0.2) is 90.0 Å². The molecule has 1 N–H and O–H groups in total. The maximum absolute atomic E-state index is 13.7. The molecule has 0 radical (unpaired) electrons. The Hall–Kier alpha value is -3.74. The molecule has 0 unspecified atom stereocenters. The van der Waals surface area contributed by atoms with Crippen molar-refractivity contribution in [3.05, 3.63) is 106 Å². The lowest BCUT2D eigenvalue weighted by molar-refractivity contribution is 0.639. The van der Waals surface area contributed by atoms with Crippen molar-refractivity contribution in [1.29, 1.82) is 0 Å². The van der Waals surface area contributed by atoms with E-state index < -0.39 is 0 Å². The van der Waals surface area contributed by atoms with Gasteiger partial charge in [0.1, 0.15) is 12.2 Å². The molecule has 2 heterocycles. The van der Waals surface area contributed by atoms with Crippen LogP contribution >= 0.6 is 11.6 Å². The second-order valence-corrected chi connectivity index (χ2v) is 9.38. The van der Waals surface area contributed by atoms with Crippen LogP contribution in [-0.4, -0.2) is 25.6 Å². The smallest absolute Gasteiger partial charge is 0.286 e. The van der Waals surface area contributed by atoms with Gasteiger partial charge in [0.15, 0.2) is 11.2 Å². The number of fused-ring (bicyclic) bond motifs is 1. The highest BCUT2D eigenvalue weighted by molar-refractivity contribution is 6.30. The number of para-hydroxylation sites is 1. The van der Waals surface area contributed by atoms with Gasteiger partial charge in [-0.15, -0.1) is 0 Å². The fourth-order valence-electron chi connectivity index (χ4n) is 4.27. The van der Waals surface area contributed by atoms with Gasteiger partial charge in [0.25, 0.3) is 5.56 Å². The molecule has 3 aromatic carbocycles. The predicted octanol–water partition coefficient (Wildman–Crippen LogP) is 5.39. The van der Waals surface area contributed by atoms with Crippen LogP contribution in [0.3, 0.4) is 0 Å². The number of halogens is 1. The molecule has 7 heteroatoms. The van der Waals surface area contributed by atoms with Crippen molar-refractivity contribution in [1.82, 2.24) is 24.4 Å². The Morgan fingerprint density at radius 1 is 0.914 bits per heavy atom. The van der Waals surface area contributed by atoms with Gasteiger partial charge in [-0.25, -0.2) is 9.97 Å². The van der Waals surface area contributed by atoms with Gasteiger partial charge < -0.3 is 5.32 Å². The van der Waals surface area contributed by atoms with E-state index in [4.69, 9.17) is 16.6 Å². The Morgan fingerprint density at radius 2 is 1.66 bits per heavy atom. The van der Waals surface area contributed by atoms with Crippen molar-refractivity contribution in [2.24, 2.45) is 5.92 Å². The van der Waals surface area contributed by atoms with Gasteiger partial charge in [0.05, 0.1) is 5.69 Å². The van der Waals surface area contributed by atoms with Crippen molar-refractivity contribution in [3.8, 4) is 22.8 Å². The van der Waals surface area contributed by atoms with Crippen molar-refractivity contribution >= 4 is 22.8 Å². The zero-order valence-electron chi connectivity index (χ0n) is 19.1. The van der Waals surface area contributed by atoms with Crippen molar-refractivity contribution in [3.63, 3.8) is 0 Å². The molecule has 0 saturated heterocycles.